The maximum absolute atomic E-state index is 13.8. The highest BCUT2D eigenvalue weighted by Gasteiger charge is 2.22. The zero-order valence-electron chi connectivity index (χ0n) is 20.2. The first-order valence-electron chi connectivity index (χ1n) is 11.5. The molecule has 0 radical (unpaired) electrons. The number of para-hydroxylation sites is 1. The number of nitrogens with one attached hydrogen (secondary N) is 1. The van der Waals surface area contributed by atoms with Crippen molar-refractivity contribution in [3.8, 4) is 5.69 Å². The lowest BCUT2D eigenvalue weighted by molar-refractivity contribution is -0.112. The molecule has 4 aromatic rings. The van der Waals surface area contributed by atoms with Crippen molar-refractivity contribution in [1.29, 1.82) is 0 Å². The van der Waals surface area contributed by atoms with Gasteiger partial charge in [-0.3, -0.25) is 14.2 Å². The highest BCUT2D eigenvalue weighted by Crippen LogP contribution is 2.28. The molecule has 2 heterocycles. The van der Waals surface area contributed by atoms with Gasteiger partial charge in [0, 0.05) is 5.56 Å². The number of benzene rings is 2. The molecule has 2 aromatic heterocycles. The van der Waals surface area contributed by atoms with Crippen LogP contribution >= 0.6 is 0 Å². The molecule has 0 aliphatic rings. The third-order valence-electron chi connectivity index (χ3n) is 5.82. The smallest absolute Gasteiger partial charge is 0.266 e. The Bertz CT molecular complexity index is 1490. The Balaban J connectivity index is 1.94. The molecule has 0 aliphatic heterocycles. The van der Waals surface area contributed by atoms with Gasteiger partial charge in [-0.15, -0.1) is 0 Å². The topological polar surface area (TPSA) is 116 Å². The van der Waals surface area contributed by atoms with Crippen LogP contribution in [-0.4, -0.2) is 25.3 Å². The summed E-state index contributed by atoms with van der Waals surface area (Å²) in [6.07, 6.45) is 3.74. The van der Waals surface area contributed by atoms with Gasteiger partial charge in [-0.25, -0.2) is 9.97 Å². The van der Waals surface area contributed by atoms with Crippen molar-refractivity contribution in [1.82, 2.24) is 19.5 Å². The van der Waals surface area contributed by atoms with Gasteiger partial charge >= 0.3 is 0 Å². The molecule has 0 bridgehead atoms. The molecular weight excluding hydrogens is 440 g/mol. The number of nitrogens with two attached hydrogens (primary N) is 1. The second-order valence-corrected chi connectivity index (χ2v) is 8.39. The summed E-state index contributed by atoms with van der Waals surface area (Å²) in [6, 6.07) is 14.7. The molecule has 0 spiro atoms. The van der Waals surface area contributed by atoms with Crippen molar-refractivity contribution in [3.05, 3.63) is 87.6 Å². The molecule has 0 fully saturated rings. The normalized spacial score (nSPS) is 12.2. The van der Waals surface area contributed by atoms with Crippen LogP contribution in [0.25, 0.3) is 22.7 Å². The summed E-state index contributed by atoms with van der Waals surface area (Å²) in [7, 11) is 0. The Morgan fingerprint density at radius 1 is 1.09 bits per heavy atom. The number of anilines is 2. The molecule has 1 unspecified atom stereocenters. The van der Waals surface area contributed by atoms with Crippen molar-refractivity contribution < 1.29 is 4.79 Å². The van der Waals surface area contributed by atoms with Crippen LogP contribution in [0.1, 0.15) is 49.0 Å². The quantitative estimate of drug-likeness (QED) is 0.383. The Kier molecular flexibility index (Phi) is 6.73. The van der Waals surface area contributed by atoms with Gasteiger partial charge in [-0.1, -0.05) is 37.3 Å². The van der Waals surface area contributed by atoms with Crippen LogP contribution in [0.15, 0.2) is 59.4 Å². The van der Waals surface area contributed by atoms with E-state index < -0.39 is 0 Å². The zero-order chi connectivity index (χ0) is 25.1. The summed E-state index contributed by atoms with van der Waals surface area (Å²) < 4.78 is 1.65. The number of hydrogen-bond acceptors (Lipinski definition) is 7. The molecule has 4 rings (SSSR count). The number of nitrogens with zero attached hydrogens (tertiary/aromatic N) is 4. The van der Waals surface area contributed by atoms with Gasteiger partial charge in [0.05, 0.1) is 28.3 Å². The molecule has 1 atom stereocenters. The first-order valence-corrected chi connectivity index (χ1v) is 11.5. The number of nitrogen functional groups attached to an aromatic ring is 1. The maximum atomic E-state index is 13.8. The van der Waals surface area contributed by atoms with E-state index in [1.165, 1.54) is 13.0 Å². The van der Waals surface area contributed by atoms with Crippen LogP contribution in [0.4, 0.5) is 11.8 Å². The third-order valence-corrected chi connectivity index (χ3v) is 5.82. The molecule has 8 nitrogen and oxygen atoms in total. The summed E-state index contributed by atoms with van der Waals surface area (Å²) in [6.45, 7) is 7.20. The summed E-state index contributed by atoms with van der Waals surface area (Å²) in [4.78, 5) is 39.0. The summed E-state index contributed by atoms with van der Waals surface area (Å²) in [5.41, 5.74) is 9.33. The highest BCUT2D eigenvalue weighted by atomic mass is 16.1. The summed E-state index contributed by atoms with van der Waals surface area (Å²) in [5, 5.41) is 4.01. The van der Waals surface area contributed by atoms with Crippen molar-refractivity contribution >= 4 is 34.5 Å². The first kappa shape index (κ1) is 23.8. The Hall–Kier alpha value is -4.33. The summed E-state index contributed by atoms with van der Waals surface area (Å²) >= 11 is 0. The first-order chi connectivity index (χ1) is 16.8. The molecule has 2 aromatic carbocycles. The zero-order valence-corrected chi connectivity index (χ0v) is 20.2. The Morgan fingerprint density at radius 2 is 1.83 bits per heavy atom. The van der Waals surface area contributed by atoms with Gasteiger partial charge in [0.15, 0.2) is 5.78 Å². The number of rotatable bonds is 7. The minimum Gasteiger partial charge on any atom is -0.368 e. The van der Waals surface area contributed by atoms with E-state index in [4.69, 9.17) is 10.7 Å². The second-order valence-electron chi connectivity index (χ2n) is 8.39. The van der Waals surface area contributed by atoms with E-state index in [1.54, 1.807) is 17.6 Å². The standard InChI is InChI=1S/C27H28N6O2/c1-5-21(30-24-20(15-14-17(3)34)18(4)29-27(28)32-24)25-31-22-13-9-10-16(2)23(22)26(35)33(25)19-11-7-6-8-12-19/h6-15,21H,5H2,1-4H3,(H3,28,29,30,32). The fourth-order valence-corrected chi connectivity index (χ4v) is 4.10. The van der Waals surface area contributed by atoms with Crippen LogP contribution in [0.3, 0.4) is 0 Å². The molecule has 35 heavy (non-hydrogen) atoms. The number of aryl methyl sites for hydroxylation is 2. The van der Waals surface area contributed by atoms with E-state index in [0.29, 0.717) is 40.2 Å². The largest absolute Gasteiger partial charge is 0.368 e. The molecule has 0 aliphatic carbocycles. The third kappa shape index (κ3) is 4.82. The van der Waals surface area contributed by atoms with E-state index in [2.05, 4.69) is 15.3 Å². The number of aromatic nitrogens is 4. The SMILES string of the molecule is CCC(Nc1nc(N)nc(C)c1C=CC(C)=O)c1nc2cccc(C)c2c(=O)n1-c1ccccc1. The Morgan fingerprint density at radius 3 is 2.51 bits per heavy atom. The molecular formula is C27H28N6O2. The van der Waals surface area contributed by atoms with E-state index in [0.717, 1.165) is 11.3 Å². The van der Waals surface area contributed by atoms with Gasteiger partial charge in [0.2, 0.25) is 5.95 Å². The fourth-order valence-electron chi connectivity index (χ4n) is 4.10. The average Bonchev–Trinajstić information content (AvgIpc) is 2.82. The molecule has 8 heteroatoms. The van der Waals surface area contributed by atoms with Crippen molar-refractivity contribution in [2.75, 3.05) is 11.1 Å². The number of hydrogen-bond donors (Lipinski definition) is 2. The molecule has 178 valence electrons. The number of ketones is 1. The second kappa shape index (κ2) is 9.89. The van der Waals surface area contributed by atoms with Crippen LogP contribution in [-0.2, 0) is 4.79 Å². The predicted molar refractivity (Wildman–Crippen MR) is 140 cm³/mol. The predicted octanol–water partition coefficient (Wildman–Crippen LogP) is 4.54. The number of carbonyl (C=O) groups excluding carboxylic acids is 1. The van der Waals surface area contributed by atoms with E-state index >= 15 is 0 Å². The monoisotopic (exact) mass is 468 g/mol. The lowest BCUT2D eigenvalue weighted by Gasteiger charge is -2.23. The minimum atomic E-state index is -0.383. The van der Waals surface area contributed by atoms with E-state index in [1.807, 2.05) is 62.4 Å². The van der Waals surface area contributed by atoms with Gasteiger partial charge in [0.25, 0.3) is 5.56 Å². The van der Waals surface area contributed by atoms with Gasteiger partial charge in [-0.2, -0.15) is 4.98 Å². The molecule has 0 saturated carbocycles. The molecule has 0 amide bonds. The van der Waals surface area contributed by atoms with E-state index in [9.17, 15) is 9.59 Å². The molecule has 3 N–H and O–H groups in total. The van der Waals surface area contributed by atoms with Crippen molar-refractivity contribution in [2.24, 2.45) is 0 Å². The Labute approximate surface area is 203 Å². The average molecular weight is 469 g/mol. The van der Waals surface area contributed by atoms with Gasteiger partial charge in [0.1, 0.15) is 11.6 Å². The van der Waals surface area contributed by atoms with Crippen molar-refractivity contribution in [3.63, 3.8) is 0 Å². The highest BCUT2D eigenvalue weighted by molar-refractivity contribution is 5.92. The van der Waals surface area contributed by atoms with E-state index in [-0.39, 0.29) is 23.3 Å². The van der Waals surface area contributed by atoms with Crippen LogP contribution in [0.2, 0.25) is 0 Å². The minimum absolute atomic E-state index is 0.0938. The number of allylic oxidation sites excluding steroid dienone is 1. The van der Waals surface area contributed by atoms with Gasteiger partial charge in [-0.05, 0) is 63.1 Å². The summed E-state index contributed by atoms with van der Waals surface area (Å²) in [5.74, 6) is 1.04. The number of fused-ring (bicyclic) bond motifs is 1. The van der Waals surface area contributed by atoms with Crippen LogP contribution in [0.5, 0.6) is 0 Å². The lowest BCUT2D eigenvalue weighted by Crippen LogP contribution is -2.29. The fraction of sp³-hybridized carbons (Fsp3) is 0.222. The number of carbonyl (C=O) groups is 1. The lowest BCUT2D eigenvalue weighted by atomic mass is 10.1. The van der Waals surface area contributed by atoms with Gasteiger partial charge < -0.3 is 11.1 Å². The van der Waals surface area contributed by atoms with Crippen LogP contribution in [0, 0.1) is 13.8 Å². The maximum Gasteiger partial charge on any atom is 0.266 e. The van der Waals surface area contributed by atoms with Crippen molar-refractivity contribution in [2.45, 2.75) is 40.2 Å². The molecule has 0 saturated heterocycles. The van der Waals surface area contributed by atoms with Crippen LogP contribution < -0.4 is 16.6 Å².